The molecule has 136 valence electrons. The third-order valence-electron chi connectivity index (χ3n) is 3.35. The van der Waals surface area contributed by atoms with Gasteiger partial charge in [0.2, 0.25) is 0 Å². The van der Waals surface area contributed by atoms with Crippen molar-refractivity contribution in [3.8, 4) is 5.75 Å². The van der Waals surface area contributed by atoms with Crippen LogP contribution in [-0.4, -0.2) is 20.1 Å². The third-order valence-corrected chi connectivity index (χ3v) is 3.35. The monoisotopic (exact) mass is 465 g/mol. The number of aliphatic imine (C=N–C) groups is 1. The van der Waals surface area contributed by atoms with E-state index in [1.165, 1.54) is 19.2 Å². The van der Waals surface area contributed by atoms with Gasteiger partial charge in [0.25, 0.3) is 0 Å². The highest BCUT2D eigenvalue weighted by Gasteiger charge is 2.07. The van der Waals surface area contributed by atoms with Gasteiger partial charge in [-0.15, -0.1) is 24.0 Å². The first kappa shape index (κ1) is 21.1. The summed E-state index contributed by atoms with van der Waals surface area (Å²) in [6.45, 7) is 0.381. The van der Waals surface area contributed by atoms with E-state index in [2.05, 4.69) is 15.6 Å². The number of methoxy groups -OCH3 is 1. The van der Waals surface area contributed by atoms with Crippen LogP contribution < -0.4 is 15.4 Å². The Balaban J connectivity index is 0.00000312. The van der Waals surface area contributed by atoms with Crippen molar-refractivity contribution in [2.24, 2.45) is 4.99 Å². The van der Waals surface area contributed by atoms with Crippen LogP contribution in [0.5, 0.6) is 5.75 Å². The summed E-state index contributed by atoms with van der Waals surface area (Å²) in [6.07, 6.45) is 0. The Morgan fingerprint density at radius 2 is 1.72 bits per heavy atom. The normalized spacial score (nSPS) is 10.8. The van der Waals surface area contributed by atoms with E-state index in [9.17, 15) is 13.2 Å². The fourth-order valence-corrected chi connectivity index (χ4v) is 2.08. The maximum atomic E-state index is 13.6. The smallest absolute Gasteiger partial charge is 0.191 e. The molecule has 0 saturated carbocycles. The maximum absolute atomic E-state index is 13.6. The lowest BCUT2D eigenvalue weighted by Crippen LogP contribution is -2.36. The Hall–Kier alpha value is -1.97. The van der Waals surface area contributed by atoms with Crippen LogP contribution >= 0.6 is 24.0 Å². The Kier molecular flexibility index (Phi) is 8.53. The second-order valence-corrected chi connectivity index (χ2v) is 4.98. The van der Waals surface area contributed by atoms with E-state index < -0.39 is 17.5 Å². The Morgan fingerprint density at radius 3 is 2.36 bits per heavy atom. The molecule has 0 radical (unpaired) electrons. The van der Waals surface area contributed by atoms with Crippen molar-refractivity contribution in [3.05, 3.63) is 65.0 Å². The van der Waals surface area contributed by atoms with E-state index in [1.54, 1.807) is 13.1 Å². The van der Waals surface area contributed by atoms with Crippen LogP contribution in [0.25, 0.3) is 0 Å². The van der Waals surface area contributed by atoms with E-state index in [1.807, 2.05) is 0 Å². The van der Waals surface area contributed by atoms with Crippen LogP contribution in [0.1, 0.15) is 11.1 Å². The fraction of sp³-hybridized carbons (Fsp3) is 0.235. The number of halogens is 4. The fourth-order valence-electron chi connectivity index (χ4n) is 2.08. The van der Waals surface area contributed by atoms with E-state index in [-0.39, 0.29) is 41.8 Å². The Labute approximate surface area is 161 Å². The van der Waals surface area contributed by atoms with E-state index in [0.717, 1.165) is 18.2 Å². The summed E-state index contributed by atoms with van der Waals surface area (Å²) >= 11 is 0. The molecule has 0 aliphatic carbocycles. The minimum absolute atomic E-state index is 0. The van der Waals surface area contributed by atoms with Gasteiger partial charge in [-0.1, -0.05) is 6.07 Å². The summed E-state index contributed by atoms with van der Waals surface area (Å²) < 4.78 is 45.2. The van der Waals surface area contributed by atoms with Crippen LogP contribution in [-0.2, 0) is 13.1 Å². The first-order valence-corrected chi connectivity index (χ1v) is 7.24. The van der Waals surface area contributed by atoms with Crippen molar-refractivity contribution in [1.29, 1.82) is 0 Å². The van der Waals surface area contributed by atoms with Gasteiger partial charge in [0.1, 0.15) is 11.6 Å². The summed E-state index contributed by atoms with van der Waals surface area (Å²) in [5.41, 5.74) is 0.877. The van der Waals surface area contributed by atoms with Crippen molar-refractivity contribution in [2.75, 3.05) is 14.2 Å². The van der Waals surface area contributed by atoms with Gasteiger partial charge in [-0.05, 0) is 35.9 Å². The zero-order valence-corrected chi connectivity index (χ0v) is 16.1. The molecule has 2 aromatic rings. The zero-order valence-electron chi connectivity index (χ0n) is 13.8. The second kappa shape index (κ2) is 10.1. The molecule has 0 aliphatic heterocycles. The van der Waals surface area contributed by atoms with Gasteiger partial charge in [0.15, 0.2) is 17.5 Å². The number of ether oxygens (including phenoxy) is 1. The first-order valence-electron chi connectivity index (χ1n) is 7.24. The minimum atomic E-state index is -0.509. The predicted octanol–water partition coefficient (Wildman–Crippen LogP) is 3.60. The zero-order chi connectivity index (χ0) is 17.5. The number of hydrogen-bond donors (Lipinski definition) is 2. The Bertz CT molecular complexity index is 741. The molecule has 4 nitrogen and oxygen atoms in total. The van der Waals surface area contributed by atoms with Gasteiger partial charge in [0, 0.05) is 25.7 Å². The molecule has 0 aromatic heterocycles. The van der Waals surface area contributed by atoms with E-state index >= 15 is 0 Å². The standard InChI is InChI=1S/C17H18F3N3O.HI/c1-21-17(23-10-12-8-13(18)4-5-14(12)19)22-9-11-3-6-16(24-2)15(20)7-11;/h3-8H,9-10H2,1-2H3,(H2,21,22,23);1H. The number of nitrogens with zero attached hydrogens (tertiary/aromatic N) is 1. The highest BCUT2D eigenvalue weighted by atomic mass is 127. The molecule has 0 aliphatic rings. The van der Waals surface area contributed by atoms with Gasteiger partial charge >= 0.3 is 0 Å². The number of benzene rings is 2. The van der Waals surface area contributed by atoms with Gasteiger partial charge in [-0.3, -0.25) is 4.99 Å². The molecule has 0 amide bonds. The molecule has 2 aromatic carbocycles. The topological polar surface area (TPSA) is 45.7 Å². The number of hydrogen-bond acceptors (Lipinski definition) is 2. The van der Waals surface area contributed by atoms with Crippen LogP contribution in [0.3, 0.4) is 0 Å². The number of guanidine groups is 1. The van der Waals surface area contributed by atoms with Gasteiger partial charge in [-0.2, -0.15) is 0 Å². The Morgan fingerprint density at radius 1 is 1.00 bits per heavy atom. The molecule has 0 fully saturated rings. The van der Waals surface area contributed by atoms with Gasteiger partial charge in [0.05, 0.1) is 7.11 Å². The van der Waals surface area contributed by atoms with Crippen molar-refractivity contribution >= 4 is 29.9 Å². The van der Waals surface area contributed by atoms with Crippen molar-refractivity contribution in [3.63, 3.8) is 0 Å². The molecule has 0 heterocycles. The first-order chi connectivity index (χ1) is 11.5. The van der Waals surface area contributed by atoms with Gasteiger partial charge < -0.3 is 15.4 Å². The molecule has 0 saturated heterocycles. The van der Waals surface area contributed by atoms with Crippen molar-refractivity contribution in [2.45, 2.75) is 13.1 Å². The highest BCUT2D eigenvalue weighted by molar-refractivity contribution is 14.0. The van der Waals surface area contributed by atoms with Crippen molar-refractivity contribution < 1.29 is 17.9 Å². The number of rotatable bonds is 5. The predicted molar refractivity (Wildman–Crippen MR) is 102 cm³/mol. The maximum Gasteiger partial charge on any atom is 0.191 e. The van der Waals surface area contributed by atoms with Crippen LogP contribution in [0.2, 0.25) is 0 Å². The van der Waals surface area contributed by atoms with E-state index in [0.29, 0.717) is 18.1 Å². The summed E-state index contributed by atoms with van der Waals surface area (Å²) in [5.74, 6) is -0.916. The average molecular weight is 465 g/mol. The quantitative estimate of drug-likeness (QED) is 0.403. The largest absolute Gasteiger partial charge is 0.494 e. The summed E-state index contributed by atoms with van der Waals surface area (Å²) in [5, 5.41) is 5.84. The lowest BCUT2D eigenvalue weighted by atomic mass is 10.2. The lowest BCUT2D eigenvalue weighted by Gasteiger charge is -2.13. The molecule has 0 unspecified atom stereocenters. The molecule has 0 atom stereocenters. The molecule has 0 spiro atoms. The lowest BCUT2D eigenvalue weighted by molar-refractivity contribution is 0.386. The molecule has 8 heteroatoms. The molecule has 2 rings (SSSR count). The van der Waals surface area contributed by atoms with Crippen molar-refractivity contribution in [1.82, 2.24) is 10.6 Å². The van der Waals surface area contributed by atoms with Crippen LogP contribution in [0.15, 0.2) is 41.4 Å². The van der Waals surface area contributed by atoms with Gasteiger partial charge in [-0.25, -0.2) is 13.2 Å². The molecule has 25 heavy (non-hydrogen) atoms. The molecular formula is C17H19F3IN3O. The van der Waals surface area contributed by atoms with E-state index in [4.69, 9.17) is 4.74 Å². The molecule has 2 N–H and O–H groups in total. The van der Waals surface area contributed by atoms with Crippen LogP contribution in [0.4, 0.5) is 13.2 Å². The minimum Gasteiger partial charge on any atom is -0.494 e. The highest BCUT2D eigenvalue weighted by Crippen LogP contribution is 2.17. The third kappa shape index (κ3) is 6.11. The summed E-state index contributed by atoms with van der Waals surface area (Å²) in [7, 11) is 2.94. The number of nitrogens with one attached hydrogen (secondary N) is 2. The molecule has 0 bridgehead atoms. The molecular weight excluding hydrogens is 446 g/mol. The second-order valence-electron chi connectivity index (χ2n) is 4.98. The van der Waals surface area contributed by atoms with Crippen LogP contribution in [0, 0.1) is 17.5 Å². The SMILES string of the molecule is CN=C(NCc1ccc(OC)c(F)c1)NCc1cc(F)ccc1F.I. The summed E-state index contributed by atoms with van der Waals surface area (Å²) in [6, 6.07) is 7.85. The summed E-state index contributed by atoms with van der Waals surface area (Å²) in [4.78, 5) is 3.99. The average Bonchev–Trinajstić information content (AvgIpc) is 2.58.